The molecule has 1 aliphatic rings. The maximum Gasteiger partial charge on any atom is 0.287 e. The maximum absolute atomic E-state index is 12.6. The number of ether oxygens (including phenoxy) is 1. The number of furan rings is 1. The molecule has 1 heterocycles. The smallest absolute Gasteiger partial charge is 0.287 e. The predicted octanol–water partition coefficient (Wildman–Crippen LogP) is 3.34. The molecule has 0 saturated heterocycles. The molecule has 132 valence electrons. The van der Waals surface area contributed by atoms with Gasteiger partial charge in [0.1, 0.15) is 11.5 Å². The average molecular weight is 349 g/mol. The summed E-state index contributed by atoms with van der Waals surface area (Å²) < 4.78 is 10.8. The third-order valence-electron chi connectivity index (χ3n) is 4.69. The summed E-state index contributed by atoms with van der Waals surface area (Å²) >= 11 is 0. The number of amides is 1. The monoisotopic (exact) mass is 349 g/mol. The van der Waals surface area contributed by atoms with E-state index in [4.69, 9.17) is 9.15 Å². The van der Waals surface area contributed by atoms with Crippen LogP contribution in [0.4, 0.5) is 0 Å². The Kier molecular flexibility index (Phi) is 4.22. The van der Waals surface area contributed by atoms with E-state index in [0.717, 1.165) is 22.4 Å². The Morgan fingerprint density at radius 3 is 2.65 bits per heavy atom. The second-order valence-corrected chi connectivity index (χ2v) is 6.31. The Bertz CT molecular complexity index is 929. The minimum absolute atomic E-state index is 0.215. The topological polar surface area (TPSA) is 71.7 Å². The molecule has 0 spiro atoms. The summed E-state index contributed by atoms with van der Waals surface area (Å²) in [7, 11) is 1.61. The van der Waals surface area contributed by atoms with Crippen molar-refractivity contribution < 1.29 is 19.1 Å². The fraction of sp³-hybridized carbons (Fsp3) is 0.190. The number of fused-ring (bicyclic) bond motifs is 1. The van der Waals surface area contributed by atoms with Crippen LogP contribution < -0.4 is 10.1 Å². The van der Waals surface area contributed by atoms with Crippen LogP contribution in [0.15, 0.2) is 65.1 Å². The number of carbonyl (C=O) groups is 1. The molecule has 3 aromatic rings. The van der Waals surface area contributed by atoms with Crippen molar-refractivity contribution in [1.29, 1.82) is 0 Å². The van der Waals surface area contributed by atoms with Crippen LogP contribution in [0.2, 0.25) is 0 Å². The number of carbonyl (C=O) groups excluding carboxylic acids is 1. The van der Waals surface area contributed by atoms with Crippen molar-refractivity contribution in [3.63, 3.8) is 0 Å². The SMILES string of the molecule is COc1ccc(-c2ccc(C(=O)N[C@H]3c4ccccc4C[C@H]3O)o2)cc1. The van der Waals surface area contributed by atoms with Crippen molar-refractivity contribution in [3.8, 4) is 17.1 Å². The maximum atomic E-state index is 12.6. The van der Waals surface area contributed by atoms with Gasteiger partial charge in [0.2, 0.25) is 0 Å². The molecular formula is C21H19NO4. The zero-order valence-electron chi connectivity index (χ0n) is 14.3. The first-order valence-corrected chi connectivity index (χ1v) is 8.46. The number of aliphatic hydroxyl groups excluding tert-OH is 1. The Balaban J connectivity index is 1.52. The highest BCUT2D eigenvalue weighted by molar-refractivity contribution is 5.92. The third-order valence-corrected chi connectivity index (χ3v) is 4.69. The predicted molar refractivity (Wildman–Crippen MR) is 97.1 cm³/mol. The van der Waals surface area contributed by atoms with E-state index >= 15 is 0 Å². The van der Waals surface area contributed by atoms with Gasteiger partial charge < -0.3 is 19.6 Å². The van der Waals surface area contributed by atoms with Crippen molar-refractivity contribution in [2.45, 2.75) is 18.6 Å². The van der Waals surface area contributed by atoms with Crippen LogP contribution in [0.1, 0.15) is 27.7 Å². The van der Waals surface area contributed by atoms with Crippen LogP contribution in [-0.2, 0) is 6.42 Å². The van der Waals surface area contributed by atoms with Gasteiger partial charge in [0.25, 0.3) is 5.91 Å². The second-order valence-electron chi connectivity index (χ2n) is 6.31. The Morgan fingerprint density at radius 1 is 1.12 bits per heavy atom. The van der Waals surface area contributed by atoms with Crippen molar-refractivity contribution in [1.82, 2.24) is 5.32 Å². The third kappa shape index (κ3) is 2.97. The van der Waals surface area contributed by atoms with E-state index in [-0.39, 0.29) is 11.7 Å². The molecule has 2 aromatic carbocycles. The van der Waals surface area contributed by atoms with E-state index < -0.39 is 12.1 Å². The first-order chi connectivity index (χ1) is 12.7. The zero-order valence-corrected chi connectivity index (χ0v) is 14.3. The van der Waals surface area contributed by atoms with Gasteiger partial charge in [-0.05, 0) is 47.5 Å². The largest absolute Gasteiger partial charge is 0.497 e. The Labute approximate surface area is 151 Å². The highest BCUT2D eigenvalue weighted by atomic mass is 16.5. The van der Waals surface area contributed by atoms with E-state index in [1.807, 2.05) is 48.5 Å². The normalized spacial score (nSPS) is 18.4. The zero-order chi connectivity index (χ0) is 18.1. The standard InChI is InChI=1S/C21H19NO4/c1-25-15-8-6-13(7-9-15)18-10-11-19(26-18)21(24)22-20-16-5-3-2-4-14(16)12-17(20)23/h2-11,17,20,23H,12H2,1H3,(H,22,24)/t17-,20+/m1/s1. The molecule has 2 atom stereocenters. The average Bonchev–Trinajstić information content (AvgIpc) is 3.27. The quantitative estimate of drug-likeness (QED) is 0.758. The van der Waals surface area contributed by atoms with Gasteiger partial charge in [-0.3, -0.25) is 4.79 Å². The summed E-state index contributed by atoms with van der Waals surface area (Å²) in [5, 5.41) is 13.2. The summed E-state index contributed by atoms with van der Waals surface area (Å²) in [5.74, 6) is 1.23. The molecule has 4 rings (SSSR count). The lowest BCUT2D eigenvalue weighted by molar-refractivity contribution is 0.0832. The van der Waals surface area contributed by atoms with Gasteiger partial charge in [-0.25, -0.2) is 0 Å². The van der Waals surface area contributed by atoms with Crippen molar-refractivity contribution in [2.24, 2.45) is 0 Å². The summed E-state index contributed by atoms with van der Waals surface area (Å²) in [4.78, 5) is 12.6. The summed E-state index contributed by atoms with van der Waals surface area (Å²) in [6.45, 7) is 0. The van der Waals surface area contributed by atoms with E-state index in [0.29, 0.717) is 12.2 Å². The Hall–Kier alpha value is -3.05. The lowest BCUT2D eigenvalue weighted by Crippen LogP contribution is -2.33. The first-order valence-electron chi connectivity index (χ1n) is 8.46. The molecule has 0 fully saturated rings. The summed E-state index contributed by atoms with van der Waals surface area (Å²) in [6.07, 6.45) is -0.0940. The number of hydrogen-bond acceptors (Lipinski definition) is 4. The number of methoxy groups -OCH3 is 1. The molecule has 0 aliphatic heterocycles. The molecule has 26 heavy (non-hydrogen) atoms. The molecule has 1 amide bonds. The highest BCUT2D eigenvalue weighted by Gasteiger charge is 2.32. The number of aliphatic hydroxyl groups is 1. The van der Waals surface area contributed by atoms with E-state index in [2.05, 4.69) is 5.32 Å². The lowest BCUT2D eigenvalue weighted by Gasteiger charge is -2.17. The molecule has 0 bridgehead atoms. The van der Waals surface area contributed by atoms with Crippen molar-refractivity contribution in [3.05, 3.63) is 77.6 Å². The molecule has 5 nitrogen and oxygen atoms in total. The van der Waals surface area contributed by atoms with Crippen LogP contribution in [0.5, 0.6) is 5.75 Å². The number of benzene rings is 2. The molecule has 0 radical (unpaired) electrons. The number of rotatable bonds is 4. The van der Waals surface area contributed by atoms with Gasteiger partial charge in [-0.15, -0.1) is 0 Å². The lowest BCUT2D eigenvalue weighted by atomic mass is 10.1. The summed E-state index contributed by atoms with van der Waals surface area (Å²) in [6, 6.07) is 18.1. The second kappa shape index (κ2) is 6.69. The fourth-order valence-electron chi connectivity index (χ4n) is 3.33. The Morgan fingerprint density at radius 2 is 1.88 bits per heavy atom. The van der Waals surface area contributed by atoms with Crippen molar-refractivity contribution >= 4 is 5.91 Å². The van der Waals surface area contributed by atoms with Crippen LogP contribution in [-0.4, -0.2) is 24.2 Å². The molecule has 2 N–H and O–H groups in total. The van der Waals surface area contributed by atoms with Crippen LogP contribution in [0.3, 0.4) is 0 Å². The van der Waals surface area contributed by atoms with E-state index in [1.54, 1.807) is 19.2 Å². The van der Waals surface area contributed by atoms with Gasteiger partial charge in [0, 0.05) is 12.0 Å². The van der Waals surface area contributed by atoms with E-state index in [1.165, 1.54) is 0 Å². The molecule has 0 saturated carbocycles. The minimum Gasteiger partial charge on any atom is -0.497 e. The van der Waals surface area contributed by atoms with Gasteiger partial charge >= 0.3 is 0 Å². The van der Waals surface area contributed by atoms with Crippen LogP contribution in [0, 0.1) is 0 Å². The molecule has 1 aromatic heterocycles. The number of nitrogens with one attached hydrogen (secondary N) is 1. The molecule has 0 unspecified atom stereocenters. The summed E-state index contributed by atoms with van der Waals surface area (Å²) in [5.41, 5.74) is 2.87. The van der Waals surface area contributed by atoms with Gasteiger partial charge in [0.15, 0.2) is 5.76 Å². The van der Waals surface area contributed by atoms with Gasteiger partial charge in [-0.1, -0.05) is 24.3 Å². The van der Waals surface area contributed by atoms with Gasteiger partial charge in [0.05, 0.1) is 19.3 Å². The molecule has 5 heteroatoms. The van der Waals surface area contributed by atoms with Crippen molar-refractivity contribution in [2.75, 3.05) is 7.11 Å². The highest BCUT2D eigenvalue weighted by Crippen LogP contribution is 2.32. The number of hydrogen-bond donors (Lipinski definition) is 2. The fourth-order valence-corrected chi connectivity index (χ4v) is 3.33. The first kappa shape index (κ1) is 16.4. The van der Waals surface area contributed by atoms with Crippen LogP contribution in [0.25, 0.3) is 11.3 Å². The van der Waals surface area contributed by atoms with Gasteiger partial charge in [-0.2, -0.15) is 0 Å². The molecular weight excluding hydrogens is 330 g/mol. The van der Waals surface area contributed by atoms with E-state index in [9.17, 15) is 9.90 Å². The minimum atomic E-state index is -0.632. The van der Waals surface area contributed by atoms with Crippen LogP contribution >= 0.6 is 0 Å². The molecule has 1 aliphatic carbocycles.